The highest BCUT2D eigenvalue weighted by Gasteiger charge is 2.58. The third-order valence-corrected chi connectivity index (χ3v) is 13.5. The molecule has 0 aromatic rings. The maximum Gasteiger partial charge on any atom is 0.134 e. The molecule has 0 aromatic carbocycles. The van der Waals surface area contributed by atoms with Crippen LogP contribution in [0.25, 0.3) is 0 Å². The summed E-state index contributed by atoms with van der Waals surface area (Å²) in [5.74, 6) is 4.76. The van der Waals surface area contributed by atoms with Gasteiger partial charge in [-0.1, -0.05) is 54.4 Å². The van der Waals surface area contributed by atoms with Crippen LogP contribution >= 0.6 is 0 Å². The molecule has 6 fully saturated rings. The molecule has 5 heterocycles. The molecule has 0 aromatic heterocycles. The molecule has 5 aliphatic heterocycles. The fraction of sp³-hybridized carbons (Fsp3) is 0.970. The van der Waals surface area contributed by atoms with Gasteiger partial charge in [0.05, 0.1) is 6.10 Å². The standard InChI is InChI=1S/C33H58N4O2/c1-8-10-21-16(4)24-12-25-17(5)30(19(7)38)28(35-25)14-23-15(3)20(9-2)27(34-23)13-26-18(6)31-29(39)11-22(32(21)36-24)33(31)37-26/h15-18,20-37,39H,8-14H2,1-7H3. The Morgan fingerprint density at radius 3 is 1.95 bits per heavy atom. The summed E-state index contributed by atoms with van der Waals surface area (Å²) < 4.78 is 0. The molecular formula is C33H58N4O2. The van der Waals surface area contributed by atoms with Gasteiger partial charge in [0, 0.05) is 60.2 Å². The molecule has 6 rings (SSSR count). The van der Waals surface area contributed by atoms with E-state index in [9.17, 15) is 9.90 Å². The van der Waals surface area contributed by atoms with Gasteiger partial charge in [-0.05, 0) is 80.5 Å². The summed E-state index contributed by atoms with van der Waals surface area (Å²) in [5.41, 5.74) is 0. The molecule has 18 atom stereocenters. The summed E-state index contributed by atoms with van der Waals surface area (Å²) in [6.45, 7) is 16.2. The first-order valence-electron chi connectivity index (χ1n) is 16.9. The van der Waals surface area contributed by atoms with E-state index in [4.69, 9.17) is 0 Å². The Hall–Kier alpha value is -0.530. The number of Topliss-reactive ketones (excluding diaryl/α,β-unsaturated/α-hetero) is 1. The van der Waals surface area contributed by atoms with Crippen molar-refractivity contribution in [3.05, 3.63) is 0 Å². The SMILES string of the molecule is CCCC1C(C)C2CC3NC(CC4NC(CC5NC6C(CC(O)C6C5C)C1N2)C(CC)C4C)C(C(C)=O)C3C. The van der Waals surface area contributed by atoms with Gasteiger partial charge in [0.1, 0.15) is 5.78 Å². The van der Waals surface area contributed by atoms with Crippen molar-refractivity contribution in [2.45, 2.75) is 148 Å². The molecule has 0 radical (unpaired) electrons. The first kappa shape index (κ1) is 28.6. The van der Waals surface area contributed by atoms with Crippen molar-refractivity contribution in [3.63, 3.8) is 0 Å². The fourth-order valence-corrected chi connectivity index (χ4v) is 11.5. The van der Waals surface area contributed by atoms with E-state index >= 15 is 0 Å². The second kappa shape index (κ2) is 10.9. The molecular weight excluding hydrogens is 484 g/mol. The van der Waals surface area contributed by atoms with Crippen LogP contribution < -0.4 is 21.3 Å². The van der Waals surface area contributed by atoms with Crippen LogP contribution in [0.5, 0.6) is 0 Å². The maximum absolute atomic E-state index is 13.0. The van der Waals surface area contributed by atoms with E-state index in [1.807, 2.05) is 6.92 Å². The maximum atomic E-state index is 13.0. The van der Waals surface area contributed by atoms with Crippen LogP contribution in [0.4, 0.5) is 0 Å². The summed E-state index contributed by atoms with van der Waals surface area (Å²) >= 11 is 0. The number of rotatable bonds is 4. The highest BCUT2D eigenvalue weighted by Crippen LogP contribution is 2.50. The zero-order valence-electron chi connectivity index (χ0n) is 25.7. The molecule has 39 heavy (non-hydrogen) atoms. The minimum Gasteiger partial charge on any atom is -0.393 e. The summed E-state index contributed by atoms with van der Waals surface area (Å²) in [6.07, 6.45) is 7.71. The molecule has 1 aliphatic carbocycles. The molecule has 6 aliphatic rings. The van der Waals surface area contributed by atoms with E-state index in [2.05, 4.69) is 62.8 Å². The molecule has 222 valence electrons. The van der Waals surface area contributed by atoms with Gasteiger partial charge in [-0.25, -0.2) is 0 Å². The lowest BCUT2D eigenvalue weighted by molar-refractivity contribution is -0.122. The van der Waals surface area contributed by atoms with E-state index < -0.39 is 0 Å². The summed E-state index contributed by atoms with van der Waals surface area (Å²) in [4.78, 5) is 13.0. The smallest absolute Gasteiger partial charge is 0.134 e. The third-order valence-electron chi connectivity index (χ3n) is 13.5. The van der Waals surface area contributed by atoms with Crippen LogP contribution in [-0.4, -0.2) is 65.3 Å². The molecule has 5 N–H and O–H groups in total. The zero-order chi connectivity index (χ0) is 27.7. The summed E-state index contributed by atoms with van der Waals surface area (Å²) in [6, 6.07) is 3.41. The molecule has 0 spiro atoms. The lowest BCUT2D eigenvalue weighted by Gasteiger charge is -2.32. The van der Waals surface area contributed by atoms with Gasteiger partial charge < -0.3 is 26.4 Å². The largest absolute Gasteiger partial charge is 0.393 e. The average Bonchev–Trinajstić information content (AvgIpc) is 3.63. The Kier molecular flexibility index (Phi) is 8.02. The Morgan fingerprint density at radius 1 is 0.692 bits per heavy atom. The number of carbonyl (C=O) groups is 1. The zero-order valence-corrected chi connectivity index (χ0v) is 25.7. The Bertz CT molecular complexity index is 899. The number of ketones is 1. The number of aliphatic hydroxyl groups excluding tert-OH is 1. The second-order valence-electron chi connectivity index (χ2n) is 15.2. The third kappa shape index (κ3) is 4.67. The van der Waals surface area contributed by atoms with E-state index in [0.29, 0.717) is 95.4 Å². The van der Waals surface area contributed by atoms with Gasteiger partial charge >= 0.3 is 0 Å². The highest BCUT2D eigenvalue weighted by atomic mass is 16.3. The molecule has 5 saturated heterocycles. The number of nitrogens with one attached hydrogen (secondary N) is 4. The predicted octanol–water partition coefficient (Wildman–Crippen LogP) is 3.72. The lowest BCUT2D eigenvalue weighted by atomic mass is 9.76. The van der Waals surface area contributed by atoms with Crippen LogP contribution in [-0.2, 0) is 4.79 Å². The topological polar surface area (TPSA) is 85.4 Å². The number of carbonyl (C=O) groups excluding carboxylic acids is 1. The number of aliphatic hydroxyl groups is 1. The number of hydrogen-bond acceptors (Lipinski definition) is 6. The van der Waals surface area contributed by atoms with Crippen LogP contribution in [0.2, 0.25) is 0 Å². The first-order chi connectivity index (χ1) is 18.6. The van der Waals surface area contributed by atoms with Gasteiger partial charge in [0.25, 0.3) is 0 Å². The minimum atomic E-state index is -0.191. The van der Waals surface area contributed by atoms with E-state index in [-0.39, 0.29) is 18.1 Å². The first-order valence-corrected chi connectivity index (χ1v) is 16.9. The monoisotopic (exact) mass is 542 g/mol. The lowest BCUT2D eigenvalue weighted by Crippen LogP contribution is -2.48. The summed E-state index contributed by atoms with van der Waals surface area (Å²) in [5, 5.41) is 28.0. The quantitative estimate of drug-likeness (QED) is 0.372. The Morgan fingerprint density at radius 2 is 1.26 bits per heavy atom. The van der Waals surface area contributed by atoms with Crippen LogP contribution in [0.3, 0.4) is 0 Å². The molecule has 6 nitrogen and oxygen atoms in total. The van der Waals surface area contributed by atoms with Crippen LogP contribution in [0.15, 0.2) is 0 Å². The average molecular weight is 543 g/mol. The number of fused-ring (bicyclic) bond motifs is 8. The van der Waals surface area contributed by atoms with Crippen molar-refractivity contribution in [1.82, 2.24) is 21.3 Å². The van der Waals surface area contributed by atoms with E-state index in [1.54, 1.807) is 0 Å². The van der Waals surface area contributed by atoms with Gasteiger partial charge in [0.15, 0.2) is 0 Å². The Labute approximate surface area is 238 Å². The van der Waals surface area contributed by atoms with Crippen molar-refractivity contribution in [1.29, 1.82) is 0 Å². The number of hydrogen-bond donors (Lipinski definition) is 5. The van der Waals surface area contributed by atoms with Crippen molar-refractivity contribution >= 4 is 5.78 Å². The van der Waals surface area contributed by atoms with E-state index in [0.717, 1.165) is 25.7 Å². The van der Waals surface area contributed by atoms with Crippen LogP contribution in [0, 0.1) is 53.3 Å². The van der Waals surface area contributed by atoms with Gasteiger partial charge in [0.2, 0.25) is 0 Å². The Balaban J connectivity index is 1.36. The second-order valence-corrected chi connectivity index (χ2v) is 15.2. The van der Waals surface area contributed by atoms with Crippen LogP contribution in [0.1, 0.15) is 93.4 Å². The molecule has 18 unspecified atom stereocenters. The molecule has 1 saturated carbocycles. The van der Waals surface area contributed by atoms with Crippen molar-refractivity contribution in [2.75, 3.05) is 0 Å². The van der Waals surface area contributed by atoms with Crippen molar-refractivity contribution in [2.24, 2.45) is 53.3 Å². The van der Waals surface area contributed by atoms with E-state index in [1.165, 1.54) is 19.3 Å². The van der Waals surface area contributed by atoms with Gasteiger partial charge in [-0.2, -0.15) is 0 Å². The van der Waals surface area contributed by atoms with Crippen molar-refractivity contribution in [3.8, 4) is 0 Å². The van der Waals surface area contributed by atoms with Gasteiger partial charge in [-0.15, -0.1) is 0 Å². The molecule has 8 bridgehead atoms. The molecule has 0 amide bonds. The normalized spacial score (nSPS) is 56.8. The highest BCUT2D eigenvalue weighted by molar-refractivity contribution is 5.80. The predicted molar refractivity (Wildman–Crippen MR) is 157 cm³/mol. The minimum absolute atomic E-state index is 0.112. The van der Waals surface area contributed by atoms with Gasteiger partial charge in [-0.3, -0.25) is 4.79 Å². The fourth-order valence-electron chi connectivity index (χ4n) is 11.5. The summed E-state index contributed by atoms with van der Waals surface area (Å²) in [7, 11) is 0. The molecule has 6 heteroatoms. The van der Waals surface area contributed by atoms with Crippen molar-refractivity contribution < 1.29 is 9.90 Å².